The van der Waals surface area contributed by atoms with Crippen LogP contribution in [0.3, 0.4) is 0 Å². The van der Waals surface area contributed by atoms with E-state index in [9.17, 15) is 4.79 Å². The third-order valence-corrected chi connectivity index (χ3v) is 3.32. The van der Waals surface area contributed by atoms with E-state index in [0.29, 0.717) is 12.3 Å². The van der Waals surface area contributed by atoms with Crippen LogP contribution >= 0.6 is 11.8 Å². The molecule has 1 aromatic carbocycles. The minimum atomic E-state index is -0.0389. The van der Waals surface area contributed by atoms with Gasteiger partial charge in [0.15, 0.2) is 5.16 Å². The van der Waals surface area contributed by atoms with Crippen molar-refractivity contribution in [3.8, 4) is 5.75 Å². The summed E-state index contributed by atoms with van der Waals surface area (Å²) in [7, 11) is 1.62. The van der Waals surface area contributed by atoms with E-state index in [1.54, 1.807) is 13.2 Å². The number of benzene rings is 1. The van der Waals surface area contributed by atoms with Gasteiger partial charge in [-0.25, -0.2) is 4.98 Å². The number of carbonyl (C=O) groups is 1. The lowest BCUT2D eigenvalue weighted by Crippen LogP contribution is -2.24. The summed E-state index contributed by atoms with van der Waals surface area (Å²) in [6.07, 6.45) is 1.65. The van der Waals surface area contributed by atoms with Crippen molar-refractivity contribution in [1.82, 2.24) is 15.3 Å². The van der Waals surface area contributed by atoms with Gasteiger partial charge < -0.3 is 15.0 Å². The predicted octanol–water partition coefficient (Wildman–Crippen LogP) is 1.97. The zero-order valence-corrected chi connectivity index (χ0v) is 11.4. The normalized spacial score (nSPS) is 10.4. The molecule has 5 nitrogen and oxygen atoms in total. The Morgan fingerprint density at radius 1 is 1.63 bits per heavy atom. The summed E-state index contributed by atoms with van der Waals surface area (Å²) >= 11 is 1.36. The Morgan fingerprint density at radius 3 is 3.21 bits per heavy atom. The number of carbonyl (C=O) groups excluding carboxylic acids is 1. The Kier molecular flexibility index (Phi) is 4.46. The highest BCUT2D eigenvalue weighted by Gasteiger charge is 2.07. The fraction of sp³-hybridized carbons (Fsp3) is 0.231. The van der Waals surface area contributed by atoms with Crippen molar-refractivity contribution in [2.45, 2.75) is 5.16 Å². The average Bonchev–Trinajstić information content (AvgIpc) is 2.84. The highest BCUT2D eigenvalue weighted by Crippen LogP contribution is 2.22. The number of methoxy groups -OCH3 is 1. The molecule has 0 radical (unpaired) electrons. The minimum absolute atomic E-state index is 0.0389. The fourth-order valence-electron chi connectivity index (χ4n) is 1.53. The smallest absolute Gasteiger partial charge is 0.230 e. The number of hydrogen-bond acceptors (Lipinski definition) is 4. The van der Waals surface area contributed by atoms with Gasteiger partial charge in [-0.05, 0) is 12.1 Å². The van der Waals surface area contributed by atoms with Gasteiger partial charge in [0.2, 0.25) is 5.91 Å². The van der Waals surface area contributed by atoms with Gasteiger partial charge in [-0.15, -0.1) is 6.58 Å². The number of H-pyrrole nitrogens is 1. The number of hydrogen-bond donors (Lipinski definition) is 2. The molecule has 2 aromatic rings. The van der Waals surface area contributed by atoms with E-state index in [1.165, 1.54) is 11.8 Å². The van der Waals surface area contributed by atoms with Crippen molar-refractivity contribution in [1.29, 1.82) is 0 Å². The van der Waals surface area contributed by atoms with E-state index in [-0.39, 0.29) is 5.91 Å². The highest BCUT2D eigenvalue weighted by molar-refractivity contribution is 7.99. The van der Waals surface area contributed by atoms with E-state index < -0.39 is 0 Å². The number of amides is 1. The quantitative estimate of drug-likeness (QED) is 0.626. The van der Waals surface area contributed by atoms with Crippen molar-refractivity contribution in [3.63, 3.8) is 0 Å². The van der Waals surface area contributed by atoms with Gasteiger partial charge in [-0.2, -0.15) is 0 Å². The molecule has 0 aliphatic heterocycles. The maximum Gasteiger partial charge on any atom is 0.230 e. The first-order chi connectivity index (χ1) is 9.22. The predicted molar refractivity (Wildman–Crippen MR) is 76.6 cm³/mol. The van der Waals surface area contributed by atoms with E-state index in [4.69, 9.17) is 4.74 Å². The average molecular weight is 277 g/mol. The fourth-order valence-corrected chi connectivity index (χ4v) is 2.25. The summed E-state index contributed by atoms with van der Waals surface area (Å²) in [6, 6.07) is 5.62. The van der Waals surface area contributed by atoms with Crippen LogP contribution in [0.1, 0.15) is 0 Å². The molecular weight excluding hydrogens is 262 g/mol. The van der Waals surface area contributed by atoms with Crippen molar-refractivity contribution in [3.05, 3.63) is 30.9 Å². The maximum absolute atomic E-state index is 11.4. The molecule has 0 bridgehead atoms. The van der Waals surface area contributed by atoms with E-state index >= 15 is 0 Å². The second kappa shape index (κ2) is 6.29. The Hall–Kier alpha value is -1.95. The van der Waals surface area contributed by atoms with Crippen LogP contribution in [0.4, 0.5) is 0 Å². The molecular formula is C13H15N3O2S. The molecule has 0 aliphatic rings. The molecule has 0 aliphatic carbocycles. The van der Waals surface area contributed by atoms with Crippen LogP contribution in [-0.4, -0.2) is 35.3 Å². The number of imidazole rings is 1. The van der Waals surface area contributed by atoms with Crippen molar-refractivity contribution in [2.75, 3.05) is 19.4 Å². The summed E-state index contributed by atoms with van der Waals surface area (Å²) in [4.78, 5) is 19.0. The monoisotopic (exact) mass is 277 g/mol. The van der Waals surface area contributed by atoms with Crippen molar-refractivity contribution >= 4 is 28.7 Å². The Bertz CT molecular complexity index is 595. The Morgan fingerprint density at radius 2 is 2.47 bits per heavy atom. The molecule has 2 N–H and O–H groups in total. The molecule has 1 aromatic heterocycles. The SMILES string of the molecule is C=CCNC(=O)CSc1nc2ccc(OC)cc2[nH]1. The molecule has 19 heavy (non-hydrogen) atoms. The van der Waals surface area contributed by atoms with Crippen LogP contribution < -0.4 is 10.1 Å². The van der Waals surface area contributed by atoms with Crippen LogP contribution in [-0.2, 0) is 4.79 Å². The molecule has 0 saturated carbocycles. The topological polar surface area (TPSA) is 67.0 Å². The first kappa shape index (κ1) is 13.5. The van der Waals surface area contributed by atoms with Crippen molar-refractivity contribution in [2.24, 2.45) is 0 Å². The molecule has 2 rings (SSSR count). The number of aromatic amines is 1. The second-order valence-electron chi connectivity index (χ2n) is 3.81. The lowest BCUT2D eigenvalue weighted by Gasteiger charge is -1.99. The summed E-state index contributed by atoms with van der Waals surface area (Å²) in [5, 5.41) is 3.43. The first-order valence-corrected chi connectivity index (χ1v) is 6.75. The van der Waals surface area contributed by atoms with Crippen LogP contribution in [0.15, 0.2) is 36.0 Å². The van der Waals surface area contributed by atoms with Gasteiger partial charge in [0.25, 0.3) is 0 Å². The standard InChI is InChI=1S/C13H15N3O2S/c1-3-6-14-12(17)8-19-13-15-10-5-4-9(18-2)7-11(10)16-13/h3-5,7H,1,6,8H2,2H3,(H,14,17)(H,15,16). The van der Waals surface area contributed by atoms with Crippen LogP contribution in [0.25, 0.3) is 11.0 Å². The molecule has 1 amide bonds. The zero-order chi connectivity index (χ0) is 13.7. The molecule has 6 heteroatoms. The van der Waals surface area contributed by atoms with E-state index in [2.05, 4.69) is 21.9 Å². The second-order valence-corrected chi connectivity index (χ2v) is 4.77. The number of rotatable bonds is 6. The van der Waals surface area contributed by atoms with E-state index in [0.717, 1.165) is 21.9 Å². The number of aromatic nitrogens is 2. The number of ether oxygens (including phenoxy) is 1. The van der Waals surface area contributed by atoms with Crippen molar-refractivity contribution < 1.29 is 9.53 Å². The number of nitrogens with zero attached hydrogens (tertiary/aromatic N) is 1. The summed E-state index contributed by atoms with van der Waals surface area (Å²) in [5.41, 5.74) is 1.75. The summed E-state index contributed by atoms with van der Waals surface area (Å²) in [5.74, 6) is 1.06. The number of nitrogens with one attached hydrogen (secondary N) is 2. The summed E-state index contributed by atoms with van der Waals surface area (Å²) in [6.45, 7) is 4.03. The largest absolute Gasteiger partial charge is 0.497 e. The molecule has 0 fully saturated rings. The molecule has 0 unspecified atom stereocenters. The number of fused-ring (bicyclic) bond motifs is 1. The highest BCUT2D eigenvalue weighted by atomic mass is 32.2. The Balaban J connectivity index is 2.01. The maximum atomic E-state index is 11.4. The van der Waals surface area contributed by atoms with Gasteiger partial charge in [-0.3, -0.25) is 4.79 Å². The first-order valence-electron chi connectivity index (χ1n) is 5.77. The molecule has 0 atom stereocenters. The lowest BCUT2D eigenvalue weighted by molar-refractivity contribution is -0.118. The van der Waals surface area contributed by atoms with Crippen LogP contribution in [0.5, 0.6) is 5.75 Å². The molecule has 100 valence electrons. The summed E-state index contributed by atoms with van der Waals surface area (Å²) < 4.78 is 5.15. The number of thioether (sulfide) groups is 1. The van der Waals surface area contributed by atoms with Gasteiger partial charge >= 0.3 is 0 Å². The Labute approximate surface area is 115 Å². The van der Waals surface area contributed by atoms with E-state index in [1.807, 2.05) is 18.2 Å². The molecule has 1 heterocycles. The van der Waals surface area contributed by atoms with Gasteiger partial charge in [0.05, 0.1) is 23.9 Å². The molecule has 0 saturated heterocycles. The molecule has 0 spiro atoms. The lowest BCUT2D eigenvalue weighted by atomic mass is 10.3. The van der Waals surface area contributed by atoms with Gasteiger partial charge in [-0.1, -0.05) is 17.8 Å². The minimum Gasteiger partial charge on any atom is -0.497 e. The third-order valence-electron chi connectivity index (χ3n) is 2.45. The van der Waals surface area contributed by atoms with Crippen LogP contribution in [0, 0.1) is 0 Å². The van der Waals surface area contributed by atoms with Crippen LogP contribution in [0.2, 0.25) is 0 Å². The van der Waals surface area contributed by atoms with Gasteiger partial charge in [0.1, 0.15) is 5.75 Å². The van der Waals surface area contributed by atoms with Gasteiger partial charge in [0, 0.05) is 12.6 Å². The zero-order valence-electron chi connectivity index (χ0n) is 10.6. The third kappa shape index (κ3) is 3.51.